The summed E-state index contributed by atoms with van der Waals surface area (Å²) < 4.78 is 5.34. The van der Waals surface area contributed by atoms with Crippen LogP contribution in [0, 0.1) is 10.1 Å². The summed E-state index contributed by atoms with van der Waals surface area (Å²) in [6.07, 6.45) is 0.401. The minimum absolute atomic E-state index is 0.0165. The van der Waals surface area contributed by atoms with Gasteiger partial charge in [-0.05, 0) is 52.3 Å². The van der Waals surface area contributed by atoms with Crippen LogP contribution in [0.4, 0.5) is 10.5 Å². The van der Waals surface area contributed by atoms with E-state index in [9.17, 15) is 14.9 Å². The van der Waals surface area contributed by atoms with Gasteiger partial charge in [-0.1, -0.05) is 17.7 Å². The first kappa shape index (κ1) is 21.2. The largest absolute Gasteiger partial charge is 0.444 e. The standard InChI is InChI=1S/C17H26ClN3O4/c1-12(20(5)16(22)25-17(2,3)4)8-9-19-11-13-6-7-15(21(23)24)14(18)10-13/h6-7,10,12,19H,8-9,11H2,1-5H3/t12-/m1/s1. The molecule has 0 radical (unpaired) electrons. The molecule has 0 aliphatic rings. The quantitative estimate of drug-likeness (QED) is 0.445. The second-order valence-electron chi connectivity index (χ2n) is 6.95. The van der Waals surface area contributed by atoms with E-state index in [4.69, 9.17) is 16.3 Å². The van der Waals surface area contributed by atoms with Gasteiger partial charge < -0.3 is 15.0 Å². The molecule has 8 heteroatoms. The zero-order valence-electron chi connectivity index (χ0n) is 15.3. The Morgan fingerprint density at radius 3 is 2.60 bits per heavy atom. The van der Waals surface area contributed by atoms with Crippen LogP contribution < -0.4 is 5.32 Å². The molecule has 7 nitrogen and oxygen atoms in total. The van der Waals surface area contributed by atoms with Crippen molar-refractivity contribution >= 4 is 23.4 Å². The first-order chi connectivity index (χ1) is 11.5. The SMILES string of the molecule is C[C@H](CCNCc1ccc([N+](=O)[O-])c(Cl)c1)N(C)C(=O)OC(C)(C)C. The number of ether oxygens (including phenoxy) is 1. The van der Waals surface area contributed by atoms with E-state index in [1.54, 1.807) is 24.1 Å². The van der Waals surface area contributed by atoms with Crippen LogP contribution in [-0.2, 0) is 11.3 Å². The van der Waals surface area contributed by atoms with Gasteiger partial charge >= 0.3 is 6.09 Å². The predicted octanol–water partition coefficient (Wildman–Crippen LogP) is 3.98. The molecule has 0 spiro atoms. The number of hydrogen-bond donors (Lipinski definition) is 1. The highest BCUT2D eigenvalue weighted by molar-refractivity contribution is 6.32. The third kappa shape index (κ3) is 7.27. The fourth-order valence-electron chi connectivity index (χ4n) is 2.06. The summed E-state index contributed by atoms with van der Waals surface area (Å²) in [7, 11) is 1.72. The smallest absolute Gasteiger partial charge is 0.410 e. The maximum Gasteiger partial charge on any atom is 0.410 e. The van der Waals surface area contributed by atoms with E-state index in [-0.39, 0.29) is 22.8 Å². The fraction of sp³-hybridized carbons (Fsp3) is 0.588. The summed E-state index contributed by atoms with van der Waals surface area (Å²) in [6, 6.07) is 4.68. The average Bonchev–Trinajstić information content (AvgIpc) is 2.48. The Hall–Kier alpha value is -1.86. The number of nitro groups is 1. The van der Waals surface area contributed by atoms with E-state index in [1.165, 1.54) is 6.07 Å². The van der Waals surface area contributed by atoms with Crippen LogP contribution in [0.15, 0.2) is 18.2 Å². The minimum Gasteiger partial charge on any atom is -0.444 e. The van der Waals surface area contributed by atoms with Gasteiger partial charge in [-0.25, -0.2) is 4.79 Å². The van der Waals surface area contributed by atoms with E-state index in [1.807, 2.05) is 27.7 Å². The Bertz CT molecular complexity index is 616. The lowest BCUT2D eigenvalue weighted by Gasteiger charge is -2.28. The van der Waals surface area contributed by atoms with Crippen molar-refractivity contribution in [3.8, 4) is 0 Å². The lowest BCUT2D eigenvalue weighted by molar-refractivity contribution is -0.384. The molecule has 25 heavy (non-hydrogen) atoms. The van der Waals surface area contributed by atoms with Crippen LogP contribution in [0.1, 0.15) is 39.7 Å². The summed E-state index contributed by atoms with van der Waals surface area (Å²) in [5.41, 5.74) is 0.250. The molecule has 0 fully saturated rings. The van der Waals surface area contributed by atoms with Crippen LogP contribution in [0.25, 0.3) is 0 Å². The van der Waals surface area contributed by atoms with Gasteiger partial charge in [0.15, 0.2) is 0 Å². The molecule has 0 aliphatic carbocycles. The molecule has 0 bridgehead atoms. The third-order valence-electron chi connectivity index (χ3n) is 3.62. The molecule has 1 rings (SSSR count). The van der Waals surface area contributed by atoms with Crippen molar-refractivity contribution in [1.82, 2.24) is 10.2 Å². The van der Waals surface area contributed by atoms with E-state index < -0.39 is 10.5 Å². The van der Waals surface area contributed by atoms with Crippen LogP contribution in [0.2, 0.25) is 5.02 Å². The van der Waals surface area contributed by atoms with Crippen molar-refractivity contribution in [2.75, 3.05) is 13.6 Å². The molecule has 0 aromatic heterocycles. The monoisotopic (exact) mass is 371 g/mol. The van der Waals surface area contributed by atoms with Crippen molar-refractivity contribution in [3.05, 3.63) is 38.9 Å². The topological polar surface area (TPSA) is 84.7 Å². The summed E-state index contributed by atoms with van der Waals surface area (Å²) in [5.74, 6) is 0. The number of nitrogens with one attached hydrogen (secondary N) is 1. The molecule has 1 N–H and O–H groups in total. The Kier molecular flexibility index (Phi) is 7.63. The molecule has 0 saturated heterocycles. The van der Waals surface area contributed by atoms with Gasteiger partial charge in [-0.2, -0.15) is 0 Å². The maximum absolute atomic E-state index is 12.0. The lowest BCUT2D eigenvalue weighted by Crippen LogP contribution is -2.40. The Morgan fingerprint density at radius 1 is 1.44 bits per heavy atom. The number of amides is 1. The lowest BCUT2D eigenvalue weighted by atomic mass is 10.2. The number of nitrogens with zero attached hydrogens (tertiary/aromatic N) is 2. The van der Waals surface area contributed by atoms with Gasteiger partial charge in [0.05, 0.1) is 4.92 Å². The van der Waals surface area contributed by atoms with Gasteiger partial charge in [0.25, 0.3) is 5.69 Å². The zero-order valence-corrected chi connectivity index (χ0v) is 16.1. The van der Waals surface area contributed by atoms with Crippen molar-refractivity contribution in [3.63, 3.8) is 0 Å². The van der Waals surface area contributed by atoms with Crippen LogP contribution in [-0.4, -0.2) is 41.2 Å². The van der Waals surface area contributed by atoms with E-state index >= 15 is 0 Å². The second-order valence-corrected chi connectivity index (χ2v) is 7.36. The van der Waals surface area contributed by atoms with Crippen molar-refractivity contribution in [1.29, 1.82) is 0 Å². The number of carbonyl (C=O) groups excluding carboxylic acids is 1. The normalized spacial score (nSPS) is 12.6. The third-order valence-corrected chi connectivity index (χ3v) is 3.92. The van der Waals surface area contributed by atoms with Crippen LogP contribution in [0.3, 0.4) is 0 Å². The van der Waals surface area contributed by atoms with Crippen molar-refractivity contribution in [2.24, 2.45) is 0 Å². The van der Waals surface area contributed by atoms with Crippen LogP contribution >= 0.6 is 11.6 Å². The van der Waals surface area contributed by atoms with Gasteiger partial charge in [0, 0.05) is 25.7 Å². The molecule has 0 saturated carbocycles. The van der Waals surface area contributed by atoms with E-state index in [2.05, 4.69) is 5.32 Å². The predicted molar refractivity (Wildman–Crippen MR) is 97.9 cm³/mol. The molecule has 0 aliphatic heterocycles. The van der Waals surface area contributed by atoms with Gasteiger partial charge in [-0.3, -0.25) is 10.1 Å². The molecular formula is C17H26ClN3O4. The molecular weight excluding hydrogens is 346 g/mol. The summed E-state index contributed by atoms with van der Waals surface area (Å²) >= 11 is 5.89. The van der Waals surface area contributed by atoms with Crippen LogP contribution in [0.5, 0.6) is 0 Å². The number of rotatable bonds is 7. The summed E-state index contributed by atoms with van der Waals surface area (Å²) in [4.78, 5) is 23.8. The highest BCUT2D eigenvalue weighted by Gasteiger charge is 2.22. The fourth-order valence-corrected chi connectivity index (χ4v) is 2.33. The molecule has 1 aromatic rings. The zero-order chi connectivity index (χ0) is 19.2. The number of benzene rings is 1. The molecule has 0 unspecified atom stereocenters. The van der Waals surface area contributed by atoms with Crippen molar-refractivity contribution < 1.29 is 14.5 Å². The Morgan fingerprint density at radius 2 is 2.08 bits per heavy atom. The molecule has 1 aromatic carbocycles. The van der Waals surface area contributed by atoms with Crippen molar-refractivity contribution in [2.45, 2.75) is 52.3 Å². The summed E-state index contributed by atoms with van der Waals surface area (Å²) in [6.45, 7) is 8.68. The number of halogens is 1. The Labute approximate surface area is 153 Å². The molecule has 0 heterocycles. The van der Waals surface area contributed by atoms with Gasteiger partial charge in [-0.15, -0.1) is 0 Å². The van der Waals surface area contributed by atoms with E-state index in [0.29, 0.717) is 13.1 Å². The first-order valence-electron chi connectivity index (χ1n) is 8.10. The Balaban J connectivity index is 2.41. The molecule has 1 amide bonds. The maximum atomic E-state index is 12.0. The van der Waals surface area contributed by atoms with Gasteiger partial charge in [0.2, 0.25) is 0 Å². The first-order valence-corrected chi connectivity index (χ1v) is 8.48. The van der Waals surface area contributed by atoms with Gasteiger partial charge in [0.1, 0.15) is 10.6 Å². The van der Waals surface area contributed by atoms with E-state index in [0.717, 1.165) is 12.0 Å². The number of hydrogen-bond acceptors (Lipinski definition) is 5. The molecule has 140 valence electrons. The highest BCUT2D eigenvalue weighted by atomic mass is 35.5. The highest BCUT2D eigenvalue weighted by Crippen LogP contribution is 2.24. The summed E-state index contributed by atoms with van der Waals surface area (Å²) in [5, 5.41) is 14.1. The average molecular weight is 372 g/mol. The minimum atomic E-state index is -0.515. The molecule has 1 atom stereocenters. The number of carbonyl (C=O) groups is 1. The number of nitro benzene ring substituents is 1. The second kappa shape index (κ2) is 9.01.